The van der Waals surface area contributed by atoms with E-state index in [9.17, 15) is 9.90 Å². The third kappa shape index (κ3) is 5.58. The van der Waals surface area contributed by atoms with E-state index in [-0.39, 0.29) is 22.7 Å². The third-order valence-electron chi connectivity index (χ3n) is 8.76. The number of fused-ring (bicyclic) bond motifs is 5. The fraction of sp³-hybridized carbons (Fsp3) is 0.759. The zero-order valence-electron chi connectivity index (χ0n) is 21.9. The zero-order chi connectivity index (χ0) is 24.3. The van der Waals surface area contributed by atoms with E-state index in [1.54, 1.807) is 6.08 Å². The van der Waals surface area contributed by atoms with Crippen LogP contribution in [0.15, 0.2) is 23.8 Å². The summed E-state index contributed by atoms with van der Waals surface area (Å²) in [6.07, 6.45) is 15.5. The number of hydrogen-bond acceptors (Lipinski definition) is 3. The molecule has 2 fully saturated rings. The van der Waals surface area contributed by atoms with Crippen LogP contribution in [0.4, 0.5) is 0 Å². The molecular weight excluding hydrogens is 424 g/mol. The first-order valence-electron chi connectivity index (χ1n) is 13.3. The van der Waals surface area contributed by atoms with Gasteiger partial charge in [-0.05, 0) is 55.3 Å². The van der Waals surface area contributed by atoms with Gasteiger partial charge in [-0.1, -0.05) is 83.8 Å². The molecule has 0 radical (unpaired) electrons. The molecule has 0 aromatic rings. The first-order valence-corrected chi connectivity index (χ1v) is 16.2. The number of allylic oxidation sites excluding steroid dienone is 3. The number of ketones is 1. The SMILES string of the molecule is CCC#C/C=C1/C(=O)[C@@H]2[C@@H]([C@@H]3C=C[C@H]2C3)[C@]1(O)CCCCCCCCO[Si](C)(C)C(C)(C)C. The van der Waals surface area contributed by atoms with E-state index >= 15 is 0 Å². The highest BCUT2D eigenvalue weighted by Crippen LogP contribution is 2.60. The van der Waals surface area contributed by atoms with Crippen LogP contribution in [0.5, 0.6) is 0 Å². The molecule has 0 saturated heterocycles. The van der Waals surface area contributed by atoms with Crippen LogP contribution in [0.2, 0.25) is 18.1 Å². The zero-order valence-corrected chi connectivity index (χ0v) is 22.9. The van der Waals surface area contributed by atoms with E-state index in [2.05, 4.69) is 57.9 Å². The average Bonchev–Trinajstić information content (AvgIpc) is 3.41. The maximum atomic E-state index is 13.2. The summed E-state index contributed by atoms with van der Waals surface area (Å²) in [5.41, 5.74) is -0.398. The highest BCUT2D eigenvalue weighted by molar-refractivity contribution is 6.74. The van der Waals surface area contributed by atoms with E-state index < -0.39 is 13.9 Å². The van der Waals surface area contributed by atoms with E-state index in [0.29, 0.717) is 23.8 Å². The Morgan fingerprint density at radius 1 is 1.12 bits per heavy atom. The second-order valence-corrected chi connectivity index (χ2v) is 16.8. The van der Waals surface area contributed by atoms with Crippen LogP contribution in [0, 0.1) is 35.5 Å². The number of carbonyl (C=O) groups excluding carboxylic acids is 1. The monoisotopic (exact) mass is 470 g/mol. The van der Waals surface area contributed by atoms with Crippen molar-refractivity contribution in [3.8, 4) is 11.8 Å². The van der Waals surface area contributed by atoms with Gasteiger partial charge >= 0.3 is 0 Å². The molecule has 4 heteroatoms. The van der Waals surface area contributed by atoms with Gasteiger partial charge in [-0.3, -0.25) is 4.79 Å². The van der Waals surface area contributed by atoms with E-state index in [4.69, 9.17) is 4.43 Å². The van der Waals surface area contributed by atoms with Crippen molar-refractivity contribution in [3.05, 3.63) is 23.8 Å². The Kier molecular flexibility index (Phi) is 8.52. The second kappa shape index (κ2) is 10.6. The van der Waals surface area contributed by atoms with Crippen molar-refractivity contribution in [2.24, 2.45) is 23.7 Å². The summed E-state index contributed by atoms with van der Waals surface area (Å²) in [6.45, 7) is 14.4. The predicted octanol–water partition coefficient (Wildman–Crippen LogP) is 6.83. The fourth-order valence-electron chi connectivity index (χ4n) is 5.87. The van der Waals surface area contributed by atoms with Gasteiger partial charge in [0.2, 0.25) is 0 Å². The van der Waals surface area contributed by atoms with Crippen LogP contribution in [-0.2, 0) is 9.22 Å². The lowest BCUT2D eigenvalue weighted by molar-refractivity contribution is -0.119. The Bertz CT molecular complexity index is 822. The molecule has 3 aliphatic carbocycles. The van der Waals surface area contributed by atoms with Crippen molar-refractivity contribution in [2.75, 3.05) is 6.61 Å². The molecule has 0 heterocycles. The van der Waals surface area contributed by atoms with Gasteiger partial charge in [-0.2, -0.15) is 0 Å². The van der Waals surface area contributed by atoms with Crippen LogP contribution in [0.3, 0.4) is 0 Å². The molecule has 0 spiro atoms. The lowest BCUT2D eigenvalue weighted by Crippen LogP contribution is -2.40. The number of carbonyl (C=O) groups is 1. The van der Waals surface area contributed by atoms with Gasteiger partial charge in [-0.15, -0.1) is 0 Å². The maximum absolute atomic E-state index is 13.2. The van der Waals surface area contributed by atoms with Crippen molar-refractivity contribution in [1.82, 2.24) is 0 Å². The van der Waals surface area contributed by atoms with Crippen LogP contribution < -0.4 is 0 Å². The van der Waals surface area contributed by atoms with Crippen LogP contribution in [0.1, 0.15) is 85.5 Å². The highest BCUT2D eigenvalue weighted by Gasteiger charge is 2.64. The van der Waals surface area contributed by atoms with E-state index in [1.807, 2.05) is 6.92 Å². The molecule has 5 atom stereocenters. The molecule has 0 unspecified atom stereocenters. The minimum absolute atomic E-state index is 0.0272. The van der Waals surface area contributed by atoms with Gasteiger partial charge in [0, 0.05) is 30.4 Å². The first kappa shape index (κ1) is 26.5. The topological polar surface area (TPSA) is 46.5 Å². The number of hydrogen-bond donors (Lipinski definition) is 1. The van der Waals surface area contributed by atoms with Gasteiger partial charge in [0.25, 0.3) is 0 Å². The molecular formula is C29H46O3Si. The minimum atomic E-state index is -1.63. The number of unbranched alkanes of at least 4 members (excludes halogenated alkanes) is 5. The maximum Gasteiger partial charge on any atom is 0.191 e. The smallest absolute Gasteiger partial charge is 0.191 e. The van der Waals surface area contributed by atoms with Gasteiger partial charge in [0.15, 0.2) is 14.1 Å². The molecule has 0 aromatic carbocycles. The summed E-state index contributed by atoms with van der Waals surface area (Å²) in [6, 6.07) is 0. The highest BCUT2D eigenvalue weighted by atomic mass is 28.4. The Morgan fingerprint density at radius 2 is 1.76 bits per heavy atom. The molecule has 3 nitrogen and oxygen atoms in total. The second-order valence-electron chi connectivity index (χ2n) is 12.0. The summed E-state index contributed by atoms with van der Waals surface area (Å²) in [4.78, 5) is 13.2. The quantitative estimate of drug-likeness (QED) is 0.125. The van der Waals surface area contributed by atoms with Crippen molar-refractivity contribution < 1.29 is 14.3 Å². The summed E-state index contributed by atoms with van der Waals surface area (Å²) < 4.78 is 6.28. The lowest BCUT2D eigenvalue weighted by atomic mass is 9.75. The van der Waals surface area contributed by atoms with Crippen LogP contribution >= 0.6 is 0 Å². The lowest BCUT2D eigenvalue weighted by Gasteiger charge is -2.36. The molecule has 0 aliphatic heterocycles. The Labute approximate surface area is 203 Å². The summed E-state index contributed by atoms with van der Waals surface area (Å²) in [7, 11) is -1.63. The molecule has 0 aromatic heterocycles. The van der Waals surface area contributed by atoms with Crippen molar-refractivity contribution in [2.45, 2.75) is 109 Å². The largest absolute Gasteiger partial charge is 0.417 e. The number of rotatable bonds is 10. The normalized spacial score (nSPS) is 31.8. The molecule has 2 bridgehead atoms. The van der Waals surface area contributed by atoms with Gasteiger partial charge < -0.3 is 9.53 Å². The third-order valence-corrected chi connectivity index (χ3v) is 13.3. The predicted molar refractivity (Wildman–Crippen MR) is 139 cm³/mol. The van der Waals surface area contributed by atoms with Crippen molar-refractivity contribution in [1.29, 1.82) is 0 Å². The van der Waals surface area contributed by atoms with Crippen LogP contribution in [-0.4, -0.2) is 31.4 Å². The summed E-state index contributed by atoms with van der Waals surface area (Å²) in [5.74, 6) is 6.93. The van der Waals surface area contributed by atoms with Crippen molar-refractivity contribution in [3.63, 3.8) is 0 Å². The van der Waals surface area contributed by atoms with Gasteiger partial charge in [0.05, 0.1) is 5.60 Å². The molecule has 184 valence electrons. The first-order chi connectivity index (χ1) is 15.5. The molecule has 3 aliphatic rings. The van der Waals surface area contributed by atoms with E-state index in [1.165, 1.54) is 19.3 Å². The molecule has 33 heavy (non-hydrogen) atoms. The molecule has 2 saturated carbocycles. The molecule has 0 amide bonds. The average molecular weight is 471 g/mol. The molecule has 3 rings (SSSR count). The van der Waals surface area contributed by atoms with Crippen molar-refractivity contribution >= 4 is 14.1 Å². The summed E-state index contributed by atoms with van der Waals surface area (Å²) >= 11 is 0. The minimum Gasteiger partial charge on any atom is -0.417 e. The Hall–Kier alpha value is -1.15. The Balaban J connectivity index is 1.45. The fourth-order valence-corrected chi connectivity index (χ4v) is 6.96. The van der Waals surface area contributed by atoms with Crippen LogP contribution in [0.25, 0.3) is 0 Å². The van der Waals surface area contributed by atoms with Gasteiger partial charge in [-0.25, -0.2) is 0 Å². The van der Waals surface area contributed by atoms with E-state index in [0.717, 1.165) is 38.7 Å². The number of aliphatic hydroxyl groups is 1. The summed E-state index contributed by atoms with van der Waals surface area (Å²) in [5, 5.41) is 12.1. The number of Topliss-reactive ketones (excluding diaryl/α,β-unsaturated/α-hetero) is 1. The Morgan fingerprint density at radius 3 is 2.42 bits per heavy atom. The molecule has 1 N–H and O–H groups in total. The standard InChI is InChI=1S/C29H46O3Si/c1-7-8-13-16-24-27(30)25-22-17-18-23(21-22)26(25)29(24,31)19-14-11-9-10-12-15-20-32-33(5,6)28(2,3)4/h16-18,22-23,25-26,31H,7,9-12,14-15,19-21H2,1-6H3/b24-16-/t22-,23+,25-,26+,29-/m0/s1. The van der Waals surface area contributed by atoms with Gasteiger partial charge in [0.1, 0.15) is 0 Å².